The van der Waals surface area contributed by atoms with E-state index in [9.17, 15) is 9.59 Å². The van der Waals surface area contributed by atoms with E-state index in [2.05, 4.69) is 24.4 Å². The van der Waals surface area contributed by atoms with Crippen LogP contribution in [0.25, 0.3) is 0 Å². The SMILES string of the molecule is CCCCc1ccc(NC(=O)CCn2cccc2C=O)cc1. The van der Waals surface area contributed by atoms with Crippen LogP contribution in [0.4, 0.5) is 5.69 Å². The summed E-state index contributed by atoms with van der Waals surface area (Å²) in [5, 5.41) is 2.88. The fourth-order valence-corrected chi connectivity index (χ4v) is 2.32. The zero-order chi connectivity index (χ0) is 15.8. The molecular weight excluding hydrogens is 276 g/mol. The van der Waals surface area contributed by atoms with Crippen molar-refractivity contribution in [3.8, 4) is 0 Å². The number of hydrogen-bond acceptors (Lipinski definition) is 2. The third-order valence-electron chi connectivity index (χ3n) is 3.62. The lowest BCUT2D eigenvalue weighted by molar-refractivity contribution is -0.116. The minimum Gasteiger partial charge on any atom is -0.345 e. The Morgan fingerprint density at radius 3 is 2.68 bits per heavy atom. The van der Waals surface area contributed by atoms with Gasteiger partial charge in [-0.15, -0.1) is 0 Å². The average Bonchev–Trinajstić information content (AvgIpc) is 3.00. The van der Waals surface area contributed by atoms with Gasteiger partial charge in [-0.1, -0.05) is 25.5 Å². The van der Waals surface area contributed by atoms with Crippen molar-refractivity contribution in [2.75, 3.05) is 5.32 Å². The predicted octanol–water partition coefficient (Wildman–Crippen LogP) is 3.67. The topological polar surface area (TPSA) is 51.1 Å². The molecule has 0 unspecified atom stereocenters. The lowest BCUT2D eigenvalue weighted by Crippen LogP contribution is -2.15. The molecule has 1 N–H and O–H groups in total. The molecule has 0 bridgehead atoms. The Balaban J connectivity index is 1.82. The van der Waals surface area contributed by atoms with E-state index in [0.717, 1.165) is 18.4 Å². The molecule has 1 aromatic heterocycles. The molecule has 2 aromatic rings. The smallest absolute Gasteiger partial charge is 0.226 e. The van der Waals surface area contributed by atoms with Crippen molar-refractivity contribution >= 4 is 17.9 Å². The Hall–Kier alpha value is -2.36. The van der Waals surface area contributed by atoms with E-state index in [1.54, 1.807) is 22.9 Å². The molecule has 1 aromatic carbocycles. The Labute approximate surface area is 131 Å². The summed E-state index contributed by atoms with van der Waals surface area (Å²) in [6.07, 6.45) is 6.38. The molecular formula is C18H22N2O2. The van der Waals surface area contributed by atoms with Gasteiger partial charge in [0, 0.05) is 24.8 Å². The standard InChI is InChI=1S/C18H22N2O2/c1-2-3-5-15-7-9-16(10-8-15)19-18(22)11-13-20-12-4-6-17(20)14-21/h4,6-10,12,14H,2-3,5,11,13H2,1H3,(H,19,22). The van der Waals surface area contributed by atoms with Crippen molar-refractivity contribution in [2.24, 2.45) is 0 Å². The van der Waals surface area contributed by atoms with Gasteiger partial charge in [-0.3, -0.25) is 9.59 Å². The molecule has 4 nitrogen and oxygen atoms in total. The monoisotopic (exact) mass is 298 g/mol. The molecule has 0 atom stereocenters. The van der Waals surface area contributed by atoms with E-state index in [4.69, 9.17) is 0 Å². The Kier molecular flexibility index (Phi) is 5.95. The summed E-state index contributed by atoms with van der Waals surface area (Å²) in [6, 6.07) is 11.5. The van der Waals surface area contributed by atoms with E-state index in [1.165, 1.54) is 18.4 Å². The van der Waals surface area contributed by atoms with Crippen molar-refractivity contribution in [2.45, 2.75) is 39.2 Å². The number of carbonyl (C=O) groups is 2. The van der Waals surface area contributed by atoms with Gasteiger partial charge in [0.2, 0.25) is 5.91 Å². The summed E-state index contributed by atoms with van der Waals surface area (Å²) in [4.78, 5) is 22.8. The molecule has 22 heavy (non-hydrogen) atoms. The number of hydrogen-bond donors (Lipinski definition) is 1. The van der Waals surface area contributed by atoms with Crippen LogP contribution in [0.15, 0.2) is 42.6 Å². The first-order valence-corrected chi connectivity index (χ1v) is 7.72. The van der Waals surface area contributed by atoms with E-state index in [1.807, 2.05) is 12.1 Å². The first kappa shape index (κ1) is 16.0. The van der Waals surface area contributed by atoms with Crippen LogP contribution in [0, 0.1) is 0 Å². The number of aromatic nitrogens is 1. The zero-order valence-corrected chi connectivity index (χ0v) is 12.9. The molecule has 0 radical (unpaired) electrons. The van der Waals surface area contributed by atoms with Crippen molar-refractivity contribution in [3.05, 3.63) is 53.9 Å². The van der Waals surface area contributed by atoms with Crippen LogP contribution < -0.4 is 5.32 Å². The molecule has 0 aliphatic carbocycles. The zero-order valence-electron chi connectivity index (χ0n) is 12.9. The molecule has 116 valence electrons. The van der Waals surface area contributed by atoms with Crippen LogP contribution in [0.2, 0.25) is 0 Å². The maximum atomic E-state index is 12.0. The molecule has 0 fully saturated rings. The highest BCUT2D eigenvalue weighted by molar-refractivity contribution is 5.90. The number of unbranched alkanes of at least 4 members (excludes halogenated alkanes) is 1. The summed E-state index contributed by atoms with van der Waals surface area (Å²) in [7, 11) is 0. The van der Waals surface area contributed by atoms with E-state index in [-0.39, 0.29) is 5.91 Å². The third kappa shape index (κ3) is 4.58. The molecule has 0 aliphatic rings. The lowest BCUT2D eigenvalue weighted by Gasteiger charge is -2.08. The minimum atomic E-state index is -0.0492. The van der Waals surface area contributed by atoms with Gasteiger partial charge in [-0.25, -0.2) is 0 Å². The van der Waals surface area contributed by atoms with Gasteiger partial charge in [0.15, 0.2) is 6.29 Å². The average molecular weight is 298 g/mol. The second-order valence-electron chi connectivity index (χ2n) is 5.34. The Morgan fingerprint density at radius 2 is 2.00 bits per heavy atom. The molecule has 1 heterocycles. The second-order valence-corrected chi connectivity index (χ2v) is 5.34. The van der Waals surface area contributed by atoms with Crippen LogP contribution >= 0.6 is 0 Å². The normalized spacial score (nSPS) is 10.4. The van der Waals surface area contributed by atoms with E-state index in [0.29, 0.717) is 18.7 Å². The maximum absolute atomic E-state index is 12.0. The highest BCUT2D eigenvalue weighted by Crippen LogP contribution is 2.12. The molecule has 4 heteroatoms. The second kappa shape index (κ2) is 8.17. The lowest BCUT2D eigenvalue weighted by atomic mass is 10.1. The highest BCUT2D eigenvalue weighted by Gasteiger charge is 2.05. The summed E-state index contributed by atoms with van der Waals surface area (Å²) in [5.41, 5.74) is 2.70. The maximum Gasteiger partial charge on any atom is 0.226 e. The van der Waals surface area contributed by atoms with Crippen molar-refractivity contribution in [1.82, 2.24) is 4.57 Å². The van der Waals surface area contributed by atoms with Crippen molar-refractivity contribution in [1.29, 1.82) is 0 Å². The quantitative estimate of drug-likeness (QED) is 0.756. The van der Waals surface area contributed by atoms with E-state index < -0.39 is 0 Å². The summed E-state index contributed by atoms with van der Waals surface area (Å²) >= 11 is 0. The number of aldehydes is 1. The summed E-state index contributed by atoms with van der Waals surface area (Å²) in [6.45, 7) is 2.68. The number of rotatable bonds is 8. The van der Waals surface area contributed by atoms with Gasteiger partial charge in [0.05, 0.1) is 5.69 Å². The summed E-state index contributed by atoms with van der Waals surface area (Å²) < 4.78 is 1.78. The highest BCUT2D eigenvalue weighted by atomic mass is 16.1. The van der Waals surface area contributed by atoms with Crippen molar-refractivity contribution < 1.29 is 9.59 Å². The minimum absolute atomic E-state index is 0.0492. The molecule has 2 rings (SSSR count). The fraction of sp³-hybridized carbons (Fsp3) is 0.333. The largest absolute Gasteiger partial charge is 0.345 e. The molecule has 0 saturated carbocycles. The number of amides is 1. The van der Waals surface area contributed by atoms with E-state index >= 15 is 0 Å². The number of benzene rings is 1. The van der Waals surface area contributed by atoms with Gasteiger partial charge < -0.3 is 9.88 Å². The van der Waals surface area contributed by atoms with Crippen molar-refractivity contribution in [3.63, 3.8) is 0 Å². The van der Waals surface area contributed by atoms with Gasteiger partial charge in [0.25, 0.3) is 0 Å². The van der Waals surface area contributed by atoms with Gasteiger partial charge in [-0.2, -0.15) is 0 Å². The van der Waals surface area contributed by atoms with Crippen LogP contribution in [0.5, 0.6) is 0 Å². The number of carbonyl (C=O) groups excluding carboxylic acids is 2. The third-order valence-corrected chi connectivity index (χ3v) is 3.62. The summed E-state index contributed by atoms with van der Waals surface area (Å²) in [5.74, 6) is -0.0492. The van der Waals surface area contributed by atoms with Crippen LogP contribution in [0.1, 0.15) is 42.2 Å². The Morgan fingerprint density at radius 1 is 1.23 bits per heavy atom. The van der Waals surface area contributed by atoms with Gasteiger partial charge in [-0.05, 0) is 42.7 Å². The number of nitrogens with one attached hydrogen (secondary N) is 1. The van der Waals surface area contributed by atoms with Crippen LogP contribution in [-0.4, -0.2) is 16.8 Å². The molecule has 1 amide bonds. The first-order valence-electron chi connectivity index (χ1n) is 7.72. The number of nitrogens with zero attached hydrogens (tertiary/aromatic N) is 1. The first-order chi connectivity index (χ1) is 10.7. The predicted molar refractivity (Wildman–Crippen MR) is 88.1 cm³/mol. The number of anilines is 1. The van der Waals surface area contributed by atoms with Gasteiger partial charge in [0.1, 0.15) is 0 Å². The number of aryl methyl sites for hydroxylation is 2. The van der Waals surface area contributed by atoms with Gasteiger partial charge >= 0.3 is 0 Å². The molecule has 0 spiro atoms. The molecule has 0 saturated heterocycles. The molecule has 0 aliphatic heterocycles. The van der Waals surface area contributed by atoms with Crippen LogP contribution in [-0.2, 0) is 17.8 Å². The Bertz CT molecular complexity index is 614. The van der Waals surface area contributed by atoms with Crippen LogP contribution in [0.3, 0.4) is 0 Å². The fourth-order valence-electron chi connectivity index (χ4n) is 2.32.